The average Bonchev–Trinajstić information content (AvgIpc) is 2.74. The van der Waals surface area contributed by atoms with Gasteiger partial charge in [-0.25, -0.2) is 4.98 Å². The third-order valence-corrected chi connectivity index (χ3v) is 2.90. The van der Waals surface area contributed by atoms with Crippen molar-refractivity contribution in [3.05, 3.63) is 29.4 Å². The maximum absolute atomic E-state index is 8.80. The fraction of sp³-hybridized carbons (Fsp3) is 0.300. The SMILES string of the molecule is Cn1cc(CCO)nc1-c1cccs1. The molecule has 0 atom stereocenters. The van der Waals surface area contributed by atoms with Crippen LogP contribution in [0.25, 0.3) is 10.7 Å². The molecule has 0 radical (unpaired) electrons. The van der Waals surface area contributed by atoms with Gasteiger partial charge in [-0.05, 0) is 11.4 Å². The van der Waals surface area contributed by atoms with Crippen molar-refractivity contribution in [1.82, 2.24) is 9.55 Å². The molecule has 0 amide bonds. The van der Waals surface area contributed by atoms with Crippen LogP contribution in [0.5, 0.6) is 0 Å². The molecule has 0 aromatic carbocycles. The van der Waals surface area contributed by atoms with Crippen molar-refractivity contribution in [3.63, 3.8) is 0 Å². The number of hydrogen-bond acceptors (Lipinski definition) is 3. The Balaban J connectivity index is 2.35. The Morgan fingerprint density at radius 2 is 2.43 bits per heavy atom. The van der Waals surface area contributed by atoms with Crippen LogP contribution in [0.1, 0.15) is 5.69 Å². The van der Waals surface area contributed by atoms with E-state index in [9.17, 15) is 0 Å². The number of aliphatic hydroxyl groups excluding tert-OH is 1. The van der Waals surface area contributed by atoms with Crippen LogP contribution in [0, 0.1) is 0 Å². The quantitative estimate of drug-likeness (QED) is 0.833. The van der Waals surface area contributed by atoms with Crippen LogP contribution in [0.3, 0.4) is 0 Å². The Morgan fingerprint density at radius 3 is 3.07 bits per heavy atom. The predicted molar refractivity (Wildman–Crippen MR) is 57.3 cm³/mol. The van der Waals surface area contributed by atoms with E-state index in [1.165, 1.54) is 0 Å². The molecule has 14 heavy (non-hydrogen) atoms. The molecule has 4 heteroatoms. The van der Waals surface area contributed by atoms with E-state index in [2.05, 4.69) is 11.1 Å². The molecule has 2 heterocycles. The van der Waals surface area contributed by atoms with Crippen LogP contribution < -0.4 is 0 Å². The van der Waals surface area contributed by atoms with E-state index in [0.29, 0.717) is 6.42 Å². The highest BCUT2D eigenvalue weighted by Gasteiger charge is 2.07. The van der Waals surface area contributed by atoms with E-state index < -0.39 is 0 Å². The Morgan fingerprint density at radius 1 is 1.57 bits per heavy atom. The van der Waals surface area contributed by atoms with Gasteiger partial charge in [0.25, 0.3) is 0 Å². The fourth-order valence-corrected chi connectivity index (χ4v) is 2.15. The lowest BCUT2D eigenvalue weighted by Crippen LogP contribution is -1.89. The lowest BCUT2D eigenvalue weighted by Gasteiger charge is -1.95. The Hall–Kier alpha value is -1.13. The van der Waals surface area contributed by atoms with Crippen molar-refractivity contribution in [3.8, 4) is 10.7 Å². The number of aromatic nitrogens is 2. The summed E-state index contributed by atoms with van der Waals surface area (Å²) in [7, 11) is 1.98. The fourth-order valence-electron chi connectivity index (χ4n) is 1.40. The summed E-state index contributed by atoms with van der Waals surface area (Å²) in [4.78, 5) is 5.62. The molecule has 3 nitrogen and oxygen atoms in total. The van der Waals surface area contributed by atoms with Crippen LogP contribution in [0.15, 0.2) is 23.7 Å². The first-order valence-electron chi connectivity index (χ1n) is 4.48. The molecule has 1 N–H and O–H groups in total. The smallest absolute Gasteiger partial charge is 0.150 e. The van der Waals surface area contributed by atoms with Gasteiger partial charge in [-0.3, -0.25) is 0 Å². The second kappa shape index (κ2) is 3.94. The molecule has 0 fully saturated rings. The molecule has 74 valence electrons. The van der Waals surface area contributed by atoms with E-state index in [1.54, 1.807) is 11.3 Å². The van der Waals surface area contributed by atoms with Crippen LogP contribution in [-0.4, -0.2) is 21.3 Å². The Labute approximate surface area is 86.7 Å². The van der Waals surface area contributed by atoms with Gasteiger partial charge in [-0.15, -0.1) is 11.3 Å². The lowest BCUT2D eigenvalue weighted by molar-refractivity contribution is 0.298. The van der Waals surface area contributed by atoms with E-state index in [-0.39, 0.29) is 6.61 Å². The van der Waals surface area contributed by atoms with Gasteiger partial charge < -0.3 is 9.67 Å². The molecule has 0 aliphatic heterocycles. The van der Waals surface area contributed by atoms with Crippen molar-refractivity contribution in [2.45, 2.75) is 6.42 Å². The molecule has 0 aliphatic carbocycles. The Bertz CT molecular complexity index is 406. The molecule has 0 spiro atoms. The first-order valence-corrected chi connectivity index (χ1v) is 5.36. The maximum atomic E-state index is 8.80. The molecule has 2 rings (SSSR count). The van der Waals surface area contributed by atoms with Gasteiger partial charge in [0.2, 0.25) is 0 Å². The number of thiophene rings is 1. The number of hydrogen-bond donors (Lipinski definition) is 1. The number of aliphatic hydroxyl groups is 1. The summed E-state index contributed by atoms with van der Waals surface area (Å²) in [5.41, 5.74) is 0.943. The molecular weight excluding hydrogens is 196 g/mol. The third-order valence-electron chi connectivity index (χ3n) is 2.04. The van der Waals surface area contributed by atoms with Crippen LogP contribution in [0.2, 0.25) is 0 Å². The van der Waals surface area contributed by atoms with Crippen LogP contribution in [-0.2, 0) is 13.5 Å². The largest absolute Gasteiger partial charge is 0.396 e. The van der Waals surface area contributed by atoms with Crippen LogP contribution in [0.4, 0.5) is 0 Å². The summed E-state index contributed by atoms with van der Waals surface area (Å²) in [6.07, 6.45) is 2.59. The van der Waals surface area contributed by atoms with Crippen molar-refractivity contribution >= 4 is 11.3 Å². The molecule has 2 aromatic heterocycles. The summed E-state index contributed by atoms with van der Waals surface area (Å²) in [5.74, 6) is 0.975. The van der Waals surface area contributed by atoms with Gasteiger partial charge in [0.05, 0.1) is 10.6 Å². The average molecular weight is 208 g/mol. The van der Waals surface area contributed by atoms with Crippen molar-refractivity contribution in [2.24, 2.45) is 7.05 Å². The second-order valence-corrected chi connectivity index (χ2v) is 4.07. The Kier molecular flexibility index (Phi) is 2.65. The molecule has 0 unspecified atom stereocenters. The summed E-state index contributed by atoms with van der Waals surface area (Å²) in [5, 5.41) is 10.8. The maximum Gasteiger partial charge on any atom is 0.150 e. The zero-order valence-corrected chi connectivity index (χ0v) is 8.79. The van der Waals surface area contributed by atoms with Gasteiger partial charge >= 0.3 is 0 Å². The zero-order chi connectivity index (χ0) is 9.97. The second-order valence-electron chi connectivity index (χ2n) is 3.12. The third kappa shape index (κ3) is 1.71. The minimum absolute atomic E-state index is 0.154. The molecule has 0 saturated heterocycles. The first kappa shape index (κ1) is 9.43. The zero-order valence-electron chi connectivity index (χ0n) is 7.97. The predicted octanol–water partition coefficient (Wildman–Crippen LogP) is 1.68. The van der Waals surface area contributed by atoms with Gasteiger partial charge in [-0.2, -0.15) is 0 Å². The topological polar surface area (TPSA) is 38.0 Å². The van der Waals surface area contributed by atoms with Gasteiger partial charge in [0.15, 0.2) is 0 Å². The first-order chi connectivity index (χ1) is 6.81. The highest BCUT2D eigenvalue weighted by atomic mass is 32.1. The number of rotatable bonds is 3. The highest BCUT2D eigenvalue weighted by molar-refractivity contribution is 7.13. The number of imidazole rings is 1. The molecular formula is C10H12N2OS. The van der Waals surface area contributed by atoms with E-state index in [4.69, 9.17) is 5.11 Å². The standard InChI is InChI=1S/C10H12N2OS/c1-12-7-8(4-5-13)11-10(12)9-3-2-6-14-9/h2-3,6-7,13H,4-5H2,1H3. The molecule has 0 saturated carbocycles. The van der Waals surface area contributed by atoms with E-state index >= 15 is 0 Å². The summed E-state index contributed by atoms with van der Waals surface area (Å²) >= 11 is 1.68. The van der Waals surface area contributed by atoms with E-state index in [1.807, 2.05) is 29.3 Å². The number of nitrogens with zero attached hydrogens (tertiary/aromatic N) is 2. The monoisotopic (exact) mass is 208 g/mol. The highest BCUT2D eigenvalue weighted by Crippen LogP contribution is 2.23. The summed E-state index contributed by atoms with van der Waals surface area (Å²) in [6, 6.07) is 4.07. The molecule has 0 bridgehead atoms. The van der Waals surface area contributed by atoms with Crippen molar-refractivity contribution < 1.29 is 5.11 Å². The lowest BCUT2D eigenvalue weighted by atomic mass is 10.3. The molecule has 0 aliphatic rings. The van der Waals surface area contributed by atoms with Crippen molar-refractivity contribution in [1.29, 1.82) is 0 Å². The normalized spacial score (nSPS) is 10.7. The minimum atomic E-state index is 0.154. The van der Waals surface area contributed by atoms with E-state index in [0.717, 1.165) is 16.4 Å². The minimum Gasteiger partial charge on any atom is -0.396 e. The molecule has 2 aromatic rings. The van der Waals surface area contributed by atoms with Crippen molar-refractivity contribution in [2.75, 3.05) is 6.61 Å². The van der Waals surface area contributed by atoms with Gasteiger partial charge in [0, 0.05) is 26.3 Å². The number of aryl methyl sites for hydroxylation is 1. The van der Waals surface area contributed by atoms with Gasteiger partial charge in [0.1, 0.15) is 5.82 Å². The summed E-state index contributed by atoms with van der Waals surface area (Å²) < 4.78 is 2.00. The van der Waals surface area contributed by atoms with Crippen LogP contribution >= 0.6 is 11.3 Å². The van der Waals surface area contributed by atoms with Gasteiger partial charge in [-0.1, -0.05) is 6.07 Å². The summed E-state index contributed by atoms with van der Waals surface area (Å²) in [6.45, 7) is 0.154.